The standard InChI is InChI=1S/C15H14ClFN2O/c1-9-7-10(16)5-6-13(9)14(15(18)20)19-12-4-2-3-11(17)8-12/h2-8,14,19H,1H3,(H2,18,20). The van der Waals surface area contributed by atoms with Gasteiger partial charge in [0.2, 0.25) is 5.91 Å². The van der Waals surface area contributed by atoms with Crippen LogP contribution in [0.1, 0.15) is 17.2 Å². The molecule has 0 bridgehead atoms. The first-order valence-electron chi connectivity index (χ1n) is 6.05. The highest BCUT2D eigenvalue weighted by molar-refractivity contribution is 6.30. The first-order chi connectivity index (χ1) is 9.47. The number of primary amides is 1. The molecule has 0 saturated heterocycles. The maximum Gasteiger partial charge on any atom is 0.244 e. The second kappa shape index (κ2) is 5.92. The zero-order valence-electron chi connectivity index (χ0n) is 10.9. The number of aryl methyl sites for hydroxylation is 1. The molecule has 0 aliphatic carbocycles. The molecule has 0 heterocycles. The number of carbonyl (C=O) groups excluding carboxylic acids is 1. The molecule has 0 radical (unpaired) electrons. The number of nitrogens with two attached hydrogens (primary N) is 1. The number of hydrogen-bond acceptors (Lipinski definition) is 2. The molecule has 0 aromatic heterocycles. The van der Waals surface area contributed by atoms with Gasteiger partial charge in [0.15, 0.2) is 0 Å². The van der Waals surface area contributed by atoms with E-state index in [0.717, 1.165) is 5.56 Å². The van der Waals surface area contributed by atoms with Gasteiger partial charge in [-0.3, -0.25) is 4.79 Å². The van der Waals surface area contributed by atoms with Crippen molar-refractivity contribution in [2.24, 2.45) is 5.73 Å². The van der Waals surface area contributed by atoms with Gasteiger partial charge in [0.1, 0.15) is 11.9 Å². The van der Waals surface area contributed by atoms with Crippen molar-refractivity contribution in [3.8, 4) is 0 Å². The Labute approximate surface area is 121 Å². The Kier molecular flexibility index (Phi) is 4.25. The average Bonchev–Trinajstić information content (AvgIpc) is 2.36. The second-order valence-electron chi connectivity index (χ2n) is 4.49. The molecule has 0 aliphatic rings. The average molecular weight is 293 g/mol. The lowest BCUT2D eigenvalue weighted by Gasteiger charge is -2.19. The number of anilines is 1. The number of rotatable bonds is 4. The smallest absolute Gasteiger partial charge is 0.244 e. The highest BCUT2D eigenvalue weighted by atomic mass is 35.5. The van der Waals surface area contributed by atoms with E-state index >= 15 is 0 Å². The van der Waals surface area contributed by atoms with Crippen LogP contribution in [0.5, 0.6) is 0 Å². The van der Waals surface area contributed by atoms with Gasteiger partial charge in [0.25, 0.3) is 0 Å². The van der Waals surface area contributed by atoms with Crippen LogP contribution in [0.4, 0.5) is 10.1 Å². The van der Waals surface area contributed by atoms with E-state index in [1.807, 2.05) is 6.92 Å². The van der Waals surface area contributed by atoms with Crippen LogP contribution >= 0.6 is 11.6 Å². The minimum Gasteiger partial charge on any atom is -0.370 e. The third-order valence-electron chi connectivity index (χ3n) is 2.96. The van der Waals surface area contributed by atoms with E-state index in [0.29, 0.717) is 16.3 Å². The molecule has 104 valence electrons. The minimum absolute atomic E-state index is 0.383. The van der Waals surface area contributed by atoms with Crippen molar-refractivity contribution in [1.82, 2.24) is 0 Å². The van der Waals surface area contributed by atoms with E-state index in [1.54, 1.807) is 30.3 Å². The van der Waals surface area contributed by atoms with Crippen molar-refractivity contribution in [3.63, 3.8) is 0 Å². The van der Waals surface area contributed by atoms with Crippen LogP contribution in [0.15, 0.2) is 42.5 Å². The lowest BCUT2D eigenvalue weighted by molar-refractivity contribution is -0.118. The number of hydrogen-bond donors (Lipinski definition) is 2. The summed E-state index contributed by atoms with van der Waals surface area (Å²) in [5, 5.41) is 3.52. The lowest BCUT2D eigenvalue weighted by atomic mass is 10.0. The second-order valence-corrected chi connectivity index (χ2v) is 4.93. The number of carbonyl (C=O) groups is 1. The van der Waals surface area contributed by atoms with Crippen molar-refractivity contribution in [2.75, 3.05) is 5.32 Å². The normalized spacial score (nSPS) is 11.9. The monoisotopic (exact) mass is 292 g/mol. The van der Waals surface area contributed by atoms with Crippen molar-refractivity contribution in [3.05, 3.63) is 64.4 Å². The van der Waals surface area contributed by atoms with Crippen LogP contribution in [0.3, 0.4) is 0 Å². The molecule has 1 amide bonds. The van der Waals surface area contributed by atoms with Gasteiger partial charge in [-0.25, -0.2) is 4.39 Å². The molecular formula is C15H14ClFN2O. The lowest BCUT2D eigenvalue weighted by Crippen LogP contribution is -2.28. The fourth-order valence-electron chi connectivity index (χ4n) is 2.01. The third-order valence-corrected chi connectivity index (χ3v) is 3.20. The van der Waals surface area contributed by atoms with E-state index < -0.39 is 11.9 Å². The van der Waals surface area contributed by atoms with E-state index in [9.17, 15) is 9.18 Å². The van der Waals surface area contributed by atoms with E-state index in [-0.39, 0.29) is 5.82 Å². The number of nitrogens with one attached hydrogen (secondary N) is 1. The van der Waals surface area contributed by atoms with Crippen LogP contribution in [0.25, 0.3) is 0 Å². The molecule has 1 atom stereocenters. The number of halogens is 2. The van der Waals surface area contributed by atoms with E-state index in [1.165, 1.54) is 12.1 Å². The van der Waals surface area contributed by atoms with Crippen LogP contribution in [-0.4, -0.2) is 5.91 Å². The van der Waals surface area contributed by atoms with Gasteiger partial charge in [0, 0.05) is 10.7 Å². The van der Waals surface area contributed by atoms with Gasteiger partial charge in [-0.2, -0.15) is 0 Å². The van der Waals surface area contributed by atoms with Gasteiger partial charge >= 0.3 is 0 Å². The molecule has 0 aliphatic heterocycles. The summed E-state index contributed by atoms with van der Waals surface area (Å²) in [6.45, 7) is 1.84. The molecule has 0 spiro atoms. The Morgan fingerprint density at radius 3 is 2.65 bits per heavy atom. The van der Waals surface area contributed by atoms with E-state index in [4.69, 9.17) is 17.3 Å². The molecule has 2 rings (SSSR count). The van der Waals surface area contributed by atoms with Crippen molar-refractivity contribution >= 4 is 23.2 Å². The Morgan fingerprint density at radius 2 is 2.05 bits per heavy atom. The summed E-state index contributed by atoms with van der Waals surface area (Å²) in [5.41, 5.74) is 7.47. The highest BCUT2D eigenvalue weighted by Gasteiger charge is 2.19. The SMILES string of the molecule is Cc1cc(Cl)ccc1C(Nc1cccc(F)c1)C(N)=O. The summed E-state index contributed by atoms with van der Waals surface area (Å²) in [4.78, 5) is 11.7. The maximum absolute atomic E-state index is 13.2. The third kappa shape index (κ3) is 3.27. The number of amides is 1. The molecule has 2 aromatic rings. The van der Waals surface area contributed by atoms with Crippen LogP contribution in [0.2, 0.25) is 5.02 Å². The minimum atomic E-state index is -0.742. The van der Waals surface area contributed by atoms with Crippen LogP contribution in [0, 0.1) is 12.7 Å². The largest absolute Gasteiger partial charge is 0.370 e. The van der Waals surface area contributed by atoms with Crippen molar-refractivity contribution in [1.29, 1.82) is 0 Å². The number of benzene rings is 2. The highest BCUT2D eigenvalue weighted by Crippen LogP contribution is 2.25. The van der Waals surface area contributed by atoms with Crippen molar-refractivity contribution < 1.29 is 9.18 Å². The molecular weight excluding hydrogens is 279 g/mol. The summed E-state index contributed by atoms with van der Waals surface area (Å²) in [7, 11) is 0. The van der Waals surface area contributed by atoms with Crippen LogP contribution in [-0.2, 0) is 4.79 Å². The molecule has 5 heteroatoms. The first-order valence-corrected chi connectivity index (χ1v) is 6.42. The van der Waals surface area contributed by atoms with Crippen molar-refractivity contribution in [2.45, 2.75) is 13.0 Å². The van der Waals surface area contributed by atoms with Gasteiger partial charge in [-0.05, 0) is 48.4 Å². The van der Waals surface area contributed by atoms with Gasteiger partial charge in [0.05, 0.1) is 0 Å². The zero-order chi connectivity index (χ0) is 14.7. The zero-order valence-corrected chi connectivity index (χ0v) is 11.6. The fourth-order valence-corrected chi connectivity index (χ4v) is 2.24. The maximum atomic E-state index is 13.2. The molecule has 0 saturated carbocycles. The Morgan fingerprint density at radius 1 is 1.30 bits per heavy atom. The molecule has 1 unspecified atom stereocenters. The van der Waals surface area contributed by atoms with Gasteiger partial charge < -0.3 is 11.1 Å². The molecule has 3 N–H and O–H groups in total. The first kappa shape index (κ1) is 14.3. The van der Waals surface area contributed by atoms with Gasteiger partial charge in [-0.1, -0.05) is 23.7 Å². The molecule has 3 nitrogen and oxygen atoms in total. The summed E-state index contributed by atoms with van der Waals surface area (Å²) >= 11 is 5.90. The van der Waals surface area contributed by atoms with Crippen LogP contribution < -0.4 is 11.1 Å². The Balaban J connectivity index is 2.34. The molecule has 0 fully saturated rings. The Bertz CT molecular complexity index is 646. The predicted octanol–water partition coefficient (Wildman–Crippen LogP) is 3.43. The summed E-state index contributed by atoms with van der Waals surface area (Å²) < 4.78 is 13.2. The quantitative estimate of drug-likeness (QED) is 0.907. The molecule has 2 aromatic carbocycles. The van der Waals surface area contributed by atoms with E-state index in [2.05, 4.69) is 5.32 Å². The molecule has 20 heavy (non-hydrogen) atoms. The summed E-state index contributed by atoms with van der Waals surface area (Å²) in [5.74, 6) is -0.925. The predicted molar refractivity (Wildman–Crippen MR) is 78.1 cm³/mol. The summed E-state index contributed by atoms with van der Waals surface area (Å²) in [6.07, 6.45) is 0. The fraction of sp³-hybridized carbons (Fsp3) is 0.133. The Hall–Kier alpha value is -2.07. The summed E-state index contributed by atoms with van der Waals surface area (Å²) in [6, 6.07) is 10.3. The topological polar surface area (TPSA) is 55.1 Å². The van der Waals surface area contributed by atoms with Gasteiger partial charge in [-0.15, -0.1) is 0 Å².